The van der Waals surface area contributed by atoms with Crippen LogP contribution in [0.4, 0.5) is 0 Å². The summed E-state index contributed by atoms with van der Waals surface area (Å²) in [7, 11) is 0. The Morgan fingerprint density at radius 2 is 1.10 bits per heavy atom. The first-order valence-corrected chi connectivity index (χ1v) is 9.11. The maximum Gasteiger partial charge on any atom is 0.168 e. The Labute approximate surface area is 126 Å². The molecule has 1 aliphatic heterocycles. The van der Waals surface area contributed by atoms with Gasteiger partial charge in [0.2, 0.25) is 0 Å². The predicted octanol–water partition coefficient (Wildman–Crippen LogP) is 5.84. The van der Waals surface area contributed by atoms with E-state index in [0.717, 1.165) is 32.5 Å². The van der Waals surface area contributed by atoms with Gasteiger partial charge in [-0.2, -0.15) is 0 Å². The van der Waals surface area contributed by atoms with Gasteiger partial charge in [-0.15, -0.1) is 0 Å². The van der Waals surface area contributed by atoms with Crippen LogP contribution in [0.2, 0.25) is 0 Å². The number of hydrogen-bond acceptors (Lipinski definition) is 2. The van der Waals surface area contributed by atoms with Gasteiger partial charge in [0.15, 0.2) is 5.79 Å². The molecule has 1 saturated heterocycles. The summed E-state index contributed by atoms with van der Waals surface area (Å²) in [5.41, 5.74) is 0. The molecule has 1 aliphatic rings. The molecule has 2 heteroatoms. The average Bonchev–Trinajstić information content (AvgIpc) is 2.48. The van der Waals surface area contributed by atoms with Crippen LogP contribution in [0.3, 0.4) is 0 Å². The zero-order valence-corrected chi connectivity index (χ0v) is 13.9. The van der Waals surface area contributed by atoms with E-state index in [0.29, 0.717) is 0 Å². The lowest BCUT2D eigenvalue weighted by atomic mass is 9.98. The van der Waals surface area contributed by atoms with E-state index in [-0.39, 0.29) is 5.79 Å². The zero-order valence-electron chi connectivity index (χ0n) is 13.9. The number of rotatable bonds is 12. The number of unbranched alkanes of at least 4 members (excludes halogenated alkanes) is 8. The van der Waals surface area contributed by atoms with E-state index < -0.39 is 0 Å². The summed E-state index contributed by atoms with van der Waals surface area (Å²) in [6.45, 7) is 6.32. The first-order chi connectivity index (χ1) is 9.83. The van der Waals surface area contributed by atoms with Crippen molar-refractivity contribution in [1.29, 1.82) is 0 Å². The van der Waals surface area contributed by atoms with Crippen LogP contribution in [0.25, 0.3) is 0 Å². The highest BCUT2D eigenvalue weighted by molar-refractivity contribution is 4.73. The Kier molecular flexibility index (Phi) is 10.4. The Morgan fingerprint density at radius 1 is 0.650 bits per heavy atom. The van der Waals surface area contributed by atoms with E-state index in [1.165, 1.54) is 64.2 Å². The average molecular weight is 284 g/mol. The van der Waals surface area contributed by atoms with E-state index in [4.69, 9.17) is 9.47 Å². The standard InChI is InChI=1S/C18H36O2/c1-3-5-7-9-11-14-18(19-16-13-17-20-18)15-12-10-8-6-4-2/h3-17H2,1-2H3. The lowest BCUT2D eigenvalue weighted by molar-refractivity contribution is -0.274. The molecular weight excluding hydrogens is 248 g/mol. The van der Waals surface area contributed by atoms with Gasteiger partial charge in [-0.25, -0.2) is 0 Å². The highest BCUT2D eigenvalue weighted by Gasteiger charge is 2.33. The normalized spacial score (nSPS) is 18.3. The molecule has 0 saturated carbocycles. The van der Waals surface area contributed by atoms with Crippen molar-refractivity contribution in [2.24, 2.45) is 0 Å². The molecular formula is C18H36O2. The van der Waals surface area contributed by atoms with E-state index in [1.54, 1.807) is 0 Å². The van der Waals surface area contributed by atoms with Crippen LogP contribution < -0.4 is 0 Å². The molecule has 0 bridgehead atoms. The Hall–Kier alpha value is -0.0800. The molecule has 0 atom stereocenters. The Bertz CT molecular complexity index is 193. The molecule has 1 rings (SSSR count). The maximum atomic E-state index is 6.06. The lowest BCUT2D eigenvalue weighted by Gasteiger charge is -2.37. The van der Waals surface area contributed by atoms with Crippen molar-refractivity contribution in [3.8, 4) is 0 Å². The van der Waals surface area contributed by atoms with Gasteiger partial charge >= 0.3 is 0 Å². The summed E-state index contributed by atoms with van der Waals surface area (Å²) < 4.78 is 12.1. The third-order valence-corrected chi connectivity index (χ3v) is 4.34. The lowest BCUT2D eigenvalue weighted by Crippen LogP contribution is -2.40. The molecule has 0 amide bonds. The molecule has 0 aliphatic carbocycles. The summed E-state index contributed by atoms with van der Waals surface area (Å²) >= 11 is 0. The largest absolute Gasteiger partial charge is 0.350 e. The van der Waals surface area contributed by atoms with Crippen LogP contribution in [0.1, 0.15) is 97.3 Å². The van der Waals surface area contributed by atoms with Crippen LogP contribution in [0.15, 0.2) is 0 Å². The molecule has 0 aromatic carbocycles. The summed E-state index contributed by atoms with van der Waals surface area (Å²) in [6, 6.07) is 0. The Morgan fingerprint density at radius 3 is 1.55 bits per heavy atom. The van der Waals surface area contributed by atoms with E-state index in [9.17, 15) is 0 Å². The van der Waals surface area contributed by atoms with Crippen LogP contribution in [-0.2, 0) is 9.47 Å². The van der Waals surface area contributed by atoms with E-state index in [2.05, 4.69) is 13.8 Å². The molecule has 0 aromatic heterocycles. The number of hydrogen-bond donors (Lipinski definition) is 0. The van der Waals surface area contributed by atoms with Gasteiger partial charge < -0.3 is 9.47 Å². The second-order valence-electron chi connectivity index (χ2n) is 6.29. The highest BCUT2D eigenvalue weighted by atomic mass is 16.7. The molecule has 120 valence electrons. The van der Waals surface area contributed by atoms with Gasteiger partial charge in [0.25, 0.3) is 0 Å². The first kappa shape index (κ1) is 18.0. The smallest absolute Gasteiger partial charge is 0.168 e. The topological polar surface area (TPSA) is 18.5 Å². The SMILES string of the molecule is CCCCCCCC1(CCCCCCC)OCCCO1. The minimum absolute atomic E-state index is 0.226. The first-order valence-electron chi connectivity index (χ1n) is 9.11. The van der Waals surface area contributed by atoms with E-state index >= 15 is 0 Å². The second kappa shape index (κ2) is 11.6. The van der Waals surface area contributed by atoms with Crippen molar-refractivity contribution in [3.05, 3.63) is 0 Å². The quantitative estimate of drug-likeness (QED) is 0.419. The third kappa shape index (κ3) is 7.64. The van der Waals surface area contributed by atoms with E-state index in [1.807, 2.05) is 0 Å². The van der Waals surface area contributed by atoms with Gasteiger partial charge in [0.1, 0.15) is 0 Å². The van der Waals surface area contributed by atoms with Gasteiger partial charge in [0, 0.05) is 12.8 Å². The molecule has 2 nitrogen and oxygen atoms in total. The van der Waals surface area contributed by atoms with Crippen molar-refractivity contribution in [3.63, 3.8) is 0 Å². The van der Waals surface area contributed by atoms with Crippen molar-refractivity contribution >= 4 is 0 Å². The van der Waals surface area contributed by atoms with Crippen LogP contribution >= 0.6 is 0 Å². The highest BCUT2D eigenvalue weighted by Crippen LogP contribution is 2.31. The van der Waals surface area contributed by atoms with Gasteiger partial charge in [-0.05, 0) is 19.3 Å². The molecule has 0 aromatic rings. The molecule has 0 spiro atoms. The summed E-state index contributed by atoms with van der Waals surface area (Å²) in [5.74, 6) is -0.226. The third-order valence-electron chi connectivity index (χ3n) is 4.34. The van der Waals surface area contributed by atoms with Crippen LogP contribution in [-0.4, -0.2) is 19.0 Å². The minimum atomic E-state index is -0.226. The number of ether oxygens (including phenoxy) is 2. The molecule has 20 heavy (non-hydrogen) atoms. The van der Waals surface area contributed by atoms with Gasteiger partial charge in [-0.1, -0.05) is 65.2 Å². The molecule has 0 N–H and O–H groups in total. The van der Waals surface area contributed by atoms with Crippen molar-refractivity contribution < 1.29 is 9.47 Å². The minimum Gasteiger partial charge on any atom is -0.350 e. The fraction of sp³-hybridized carbons (Fsp3) is 1.00. The molecule has 1 fully saturated rings. The zero-order chi connectivity index (χ0) is 14.5. The van der Waals surface area contributed by atoms with Crippen molar-refractivity contribution in [2.45, 2.75) is 103 Å². The van der Waals surface area contributed by atoms with Crippen molar-refractivity contribution in [1.82, 2.24) is 0 Å². The molecule has 1 heterocycles. The van der Waals surface area contributed by atoms with Crippen LogP contribution in [0, 0.1) is 0 Å². The fourth-order valence-corrected chi connectivity index (χ4v) is 3.03. The summed E-state index contributed by atoms with van der Waals surface area (Å²) in [5, 5.41) is 0. The Balaban J connectivity index is 2.22. The van der Waals surface area contributed by atoms with Gasteiger partial charge in [0.05, 0.1) is 13.2 Å². The predicted molar refractivity (Wildman–Crippen MR) is 86.0 cm³/mol. The summed E-state index contributed by atoms with van der Waals surface area (Å²) in [6.07, 6.45) is 16.5. The summed E-state index contributed by atoms with van der Waals surface area (Å²) in [4.78, 5) is 0. The molecule has 0 unspecified atom stereocenters. The van der Waals surface area contributed by atoms with Gasteiger partial charge in [-0.3, -0.25) is 0 Å². The van der Waals surface area contributed by atoms with Crippen LogP contribution in [0.5, 0.6) is 0 Å². The van der Waals surface area contributed by atoms with Crippen molar-refractivity contribution in [2.75, 3.05) is 13.2 Å². The molecule has 0 radical (unpaired) electrons. The second-order valence-corrected chi connectivity index (χ2v) is 6.29. The fourth-order valence-electron chi connectivity index (χ4n) is 3.03. The monoisotopic (exact) mass is 284 g/mol. The maximum absolute atomic E-state index is 6.06.